The van der Waals surface area contributed by atoms with Crippen molar-refractivity contribution >= 4 is 33.8 Å². The van der Waals surface area contributed by atoms with Gasteiger partial charge in [-0.15, -0.1) is 11.3 Å². The van der Waals surface area contributed by atoms with Gasteiger partial charge < -0.3 is 15.8 Å². The van der Waals surface area contributed by atoms with Crippen LogP contribution >= 0.6 is 11.3 Å². The molecule has 0 aliphatic heterocycles. The number of anilines is 3. The van der Waals surface area contributed by atoms with E-state index in [2.05, 4.69) is 10.3 Å². The van der Waals surface area contributed by atoms with Gasteiger partial charge in [0, 0.05) is 11.1 Å². The lowest BCUT2D eigenvalue weighted by Crippen LogP contribution is -2.06. The first-order chi connectivity index (χ1) is 8.60. The number of esters is 1. The Hall–Kier alpha value is -2.08. The molecule has 2 aromatic rings. The number of carbonyl (C=O) groups excluding carboxylic acids is 1. The highest BCUT2D eigenvalue weighted by Gasteiger charge is 2.13. The average Bonchev–Trinajstić information content (AvgIpc) is 2.76. The van der Waals surface area contributed by atoms with E-state index < -0.39 is 5.97 Å². The van der Waals surface area contributed by atoms with Crippen LogP contribution in [0.4, 0.5) is 16.5 Å². The van der Waals surface area contributed by atoms with E-state index in [-0.39, 0.29) is 0 Å². The van der Waals surface area contributed by atoms with Gasteiger partial charge in [-0.1, -0.05) is 0 Å². The monoisotopic (exact) mass is 263 g/mol. The minimum Gasteiger partial charge on any atom is -0.465 e. The molecule has 0 fully saturated rings. The number of nitrogens with one attached hydrogen (secondary N) is 1. The molecule has 1 aromatic carbocycles. The van der Waals surface area contributed by atoms with Gasteiger partial charge in [-0.2, -0.15) is 0 Å². The van der Waals surface area contributed by atoms with Gasteiger partial charge in [-0.05, 0) is 25.1 Å². The zero-order chi connectivity index (χ0) is 13.1. The SMILES string of the molecule is COC(=O)c1cc(N)ccc1Nc1nc(C)cs1. The molecule has 0 saturated carbocycles. The number of aromatic nitrogens is 1. The zero-order valence-electron chi connectivity index (χ0n) is 10.1. The molecule has 0 saturated heterocycles. The summed E-state index contributed by atoms with van der Waals surface area (Å²) in [4.78, 5) is 15.9. The summed E-state index contributed by atoms with van der Waals surface area (Å²) in [6.07, 6.45) is 0. The molecule has 1 aromatic heterocycles. The molecule has 3 N–H and O–H groups in total. The fraction of sp³-hybridized carbons (Fsp3) is 0.167. The lowest BCUT2D eigenvalue weighted by molar-refractivity contribution is 0.0602. The summed E-state index contributed by atoms with van der Waals surface area (Å²) in [5, 5.41) is 5.74. The first-order valence-corrected chi connectivity index (χ1v) is 6.15. The third-order valence-electron chi connectivity index (χ3n) is 2.31. The van der Waals surface area contributed by atoms with Crippen molar-refractivity contribution in [3.05, 3.63) is 34.8 Å². The predicted octanol–water partition coefficient (Wildman–Crippen LogP) is 2.56. The molecule has 0 atom stereocenters. The van der Waals surface area contributed by atoms with Gasteiger partial charge in [0.1, 0.15) is 0 Å². The Kier molecular flexibility index (Phi) is 3.47. The molecule has 0 aliphatic rings. The average molecular weight is 263 g/mol. The van der Waals surface area contributed by atoms with Crippen LogP contribution in [0.2, 0.25) is 0 Å². The third kappa shape index (κ3) is 2.60. The van der Waals surface area contributed by atoms with E-state index in [0.29, 0.717) is 16.9 Å². The van der Waals surface area contributed by atoms with Crippen LogP contribution in [-0.4, -0.2) is 18.1 Å². The van der Waals surface area contributed by atoms with E-state index in [1.165, 1.54) is 18.4 Å². The molecule has 94 valence electrons. The normalized spacial score (nSPS) is 10.1. The fourth-order valence-electron chi connectivity index (χ4n) is 1.48. The van der Waals surface area contributed by atoms with Gasteiger partial charge in [-0.25, -0.2) is 9.78 Å². The standard InChI is InChI=1S/C12H13N3O2S/c1-7-6-18-12(14-7)15-10-4-3-8(13)5-9(10)11(16)17-2/h3-6H,13H2,1-2H3,(H,14,15). The Balaban J connectivity index is 2.35. The van der Waals surface area contributed by atoms with Crippen LogP contribution in [0.15, 0.2) is 23.6 Å². The summed E-state index contributed by atoms with van der Waals surface area (Å²) in [5.74, 6) is -0.432. The Labute approximate surface area is 109 Å². The molecule has 6 heteroatoms. The van der Waals surface area contributed by atoms with E-state index in [1.54, 1.807) is 18.2 Å². The maximum absolute atomic E-state index is 11.6. The van der Waals surface area contributed by atoms with Gasteiger partial charge in [0.25, 0.3) is 0 Å². The smallest absolute Gasteiger partial charge is 0.340 e. The topological polar surface area (TPSA) is 77.2 Å². The zero-order valence-corrected chi connectivity index (χ0v) is 10.9. The van der Waals surface area contributed by atoms with Crippen LogP contribution in [0.1, 0.15) is 16.1 Å². The second kappa shape index (κ2) is 5.05. The number of thiazole rings is 1. The summed E-state index contributed by atoms with van der Waals surface area (Å²) < 4.78 is 4.72. The minimum atomic E-state index is -0.432. The molecular formula is C12H13N3O2S. The number of hydrogen-bond acceptors (Lipinski definition) is 6. The number of methoxy groups -OCH3 is 1. The van der Waals surface area contributed by atoms with E-state index in [9.17, 15) is 4.79 Å². The van der Waals surface area contributed by atoms with Crippen LogP contribution in [0.25, 0.3) is 0 Å². The van der Waals surface area contributed by atoms with Gasteiger partial charge in [-0.3, -0.25) is 0 Å². The summed E-state index contributed by atoms with van der Waals surface area (Å²) in [6.45, 7) is 1.91. The Morgan fingerprint density at radius 2 is 2.28 bits per heavy atom. The molecule has 0 unspecified atom stereocenters. The largest absolute Gasteiger partial charge is 0.465 e. The molecule has 0 radical (unpaired) electrons. The summed E-state index contributed by atoms with van der Waals surface area (Å²) in [6, 6.07) is 5.03. The quantitative estimate of drug-likeness (QED) is 0.657. The van der Waals surface area contributed by atoms with Crippen molar-refractivity contribution in [1.29, 1.82) is 0 Å². The van der Waals surface area contributed by atoms with E-state index in [1.807, 2.05) is 12.3 Å². The van der Waals surface area contributed by atoms with Gasteiger partial charge in [0.2, 0.25) is 0 Å². The molecule has 1 heterocycles. The number of benzene rings is 1. The number of hydrogen-bond donors (Lipinski definition) is 2. The van der Waals surface area contributed by atoms with Crippen molar-refractivity contribution in [2.24, 2.45) is 0 Å². The number of nitrogens with zero attached hydrogens (tertiary/aromatic N) is 1. The molecule has 2 rings (SSSR count). The summed E-state index contributed by atoms with van der Waals surface area (Å²) >= 11 is 1.47. The highest BCUT2D eigenvalue weighted by molar-refractivity contribution is 7.13. The van der Waals surface area contributed by atoms with E-state index in [4.69, 9.17) is 10.5 Å². The number of ether oxygens (including phenoxy) is 1. The maximum atomic E-state index is 11.6. The van der Waals surface area contributed by atoms with Crippen molar-refractivity contribution in [2.75, 3.05) is 18.2 Å². The molecule has 18 heavy (non-hydrogen) atoms. The van der Waals surface area contributed by atoms with E-state index in [0.717, 1.165) is 10.8 Å². The van der Waals surface area contributed by atoms with Crippen LogP contribution in [0.3, 0.4) is 0 Å². The molecule has 0 bridgehead atoms. The maximum Gasteiger partial charge on any atom is 0.340 e. The molecule has 0 amide bonds. The third-order valence-corrected chi connectivity index (χ3v) is 3.19. The van der Waals surface area contributed by atoms with Gasteiger partial charge >= 0.3 is 5.97 Å². The summed E-state index contributed by atoms with van der Waals surface area (Å²) in [5.41, 5.74) is 8.13. The van der Waals surface area contributed by atoms with Gasteiger partial charge in [0.05, 0.1) is 24.1 Å². The van der Waals surface area contributed by atoms with Crippen LogP contribution in [0.5, 0.6) is 0 Å². The van der Waals surface area contributed by atoms with Crippen molar-refractivity contribution < 1.29 is 9.53 Å². The second-order valence-electron chi connectivity index (χ2n) is 3.72. The number of aryl methyl sites for hydroxylation is 1. The van der Waals surface area contributed by atoms with Crippen molar-refractivity contribution in [1.82, 2.24) is 4.98 Å². The first kappa shape index (κ1) is 12.4. The molecule has 0 aliphatic carbocycles. The van der Waals surface area contributed by atoms with Crippen LogP contribution in [0, 0.1) is 6.92 Å². The van der Waals surface area contributed by atoms with E-state index >= 15 is 0 Å². The number of carbonyl (C=O) groups is 1. The Morgan fingerprint density at radius 1 is 1.50 bits per heavy atom. The summed E-state index contributed by atoms with van der Waals surface area (Å²) in [7, 11) is 1.34. The lowest BCUT2D eigenvalue weighted by atomic mass is 10.1. The lowest BCUT2D eigenvalue weighted by Gasteiger charge is -2.09. The van der Waals surface area contributed by atoms with Crippen molar-refractivity contribution in [3.8, 4) is 0 Å². The van der Waals surface area contributed by atoms with Crippen molar-refractivity contribution in [3.63, 3.8) is 0 Å². The number of nitrogen functional groups attached to an aromatic ring is 1. The highest BCUT2D eigenvalue weighted by Crippen LogP contribution is 2.25. The second-order valence-corrected chi connectivity index (χ2v) is 4.57. The Morgan fingerprint density at radius 3 is 2.89 bits per heavy atom. The Bertz CT molecular complexity index is 580. The predicted molar refractivity (Wildman–Crippen MR) is 72.3 cm³/mol. The van der Waals surface area contributed by atoms with Crippen LogP contribution in [-0.2, 0) is 4.74 Å². The van der Waals surface area contributed by atoms with Crippen LogP contribution < -0.4 is 11.1 Å². The molecular weight excluding hydrogens is 250 g/mol. The molecule has 0 spiro atoms. The first-order valence-electron chi connectivity index (χ1n) is 5.27. The number of nitrogens with two attached hydrogens (primary N) is 1. The number of rotatable bonds is 3. The van der Waals surface area contributed by atoms with Crippen molar-refractivity contribution in [2.45, 2.75) is 6.92 Å². The molecule has 5 nitrogen and oxygen atoms in total. The minimum absolute atomic E-state index is 0.394. The fourth-order valence-corrected chi connectivity index (χ4v) is 2.18. The van der Waals surface area contributed by atoms with Gasteiger partial charge in [0.15, 0.2) is 5.13 Å². The highest BCUT2D eigenvalue weighted by atomic mass is 32.1.